The molecule has 1 unspecified atom stereocenters. The van der Waals surface area contributed by atoms with Crippen molar-refractivity contribution in [2.24, 2.45) is 0 Å². The first-order valence-corrected chi connectivity index (χ1v) is 7.74. The van der Waals surface area contributed by atoms with E-state index in [1.165, 1.54) is 5.56 Å². The molecular weight excluding hydrogens is 302 g/mol. The summed E-state index contributed by atoms with van der Waals surface area (Å²) >= 11 is 0. The van der Waals surface area contributed by atoms with Crippen LogP contribution >= 0.6 is 0 Å². The maximum atomic E-state index is 9.95. The van der Waals surface area contributed by atoms with Crippen molar-refractivity contribution in [2.75, 3.05) is 12.3 Å². The van der Waals surface area contributed by atoms with Crippen molar-refractivity contribution in [1.29, 1.82) is 0 Å². The van der Waals surface area contributed by atoms with Crippen LogP contribution in [0.25, 0.3) is 11.3 Å². The second-order valence-corrected chi connectivity index (χ2v) is 5.62. The van der Waals surface area contributed by atoms with Crippen molar-refractivity contribution in [2.45, 2.75) is 12.8 Å². The molecule has 0 aliphatic carbocycles. The molecule has 1 aromatic heterocycles. The van der Waals surface area contributed by atoms with Gasteiger partial charge in [-0.1, -0.05) is 49.4 Å². The van der Waals surface area contributed by atoms with E-state index in [1.54, 1.807) is 24.3 Å². The highest BCUT2D eigenvalue weighted by Gasteiger charge is 2.12. The zero-order valence-corrected chi connectivity index (χ0v) is 13.4. The molecule has 3 N–H and O–H groups in total. The Morgan fingerprint density at radius 2 is 1.75 bits per heavy atom. The first-order chi connectivity index (χ1) is 11.6. The molecule has 3 aromatic rings. The average Bonchev–Trinajstić information content (AvgIpc) is 2.62. The summed E-state index contributed by atoms with van der Waals surface area (Å²) in [7, 11) is 0. The van der Waals surface area contributed by atoms with Crippen molar-refractivity contribution in [1.82, 2.24) is 10.2 Å². The molecule has 2 aromatic carbocycles. The zero-order valence-electron chi connectivity index (χ0n) is 13.4. The van der Waals surface area contributed by atoms with Crippen LogP contribution < -0.4 is 10.5 Å². The predicted octanol–water partition coefficient (Wildman–Crippen LogP) is 3.61. The van der Waals surface area contributed by atoms with E-state index in [1.807, 2.05) is 24.3 Å². The van der Waals surface area contributed by atoms with Gasteiger partial charge in [-0.05, 0) is 17.7 Å². The standard InChI is InChI=1S/C19H19N3O2/c1-13(14-7-3-2-4-8-14)12-24-18-11-16(21-22-19(18)20)15-9-5-6-10-17(15)23/h2-11,13,23H,12H2,1H3,(H2,20,22). The van der Waals surface area contributed by atoms with Gasteiger partial charge in [-0.3, -0.25) is 0 Å². The van der Waals surface area contributed by atoms with E-state index in [0.29, 0.717) is 23.6 Å². The molecule has 0 saturated carbocycles. The maximum Gasteiger partial charge on any atom is 0.188 e. The third kappa shape index (κ3) is 3.46. The molecule has 0 amide bonds. The van der Waals surface area contributed by atoms with E-state index >= 15 is 0 Å². The summed E-state index contributed by atoms with van der Waals surface area (Å²) in [6.45, 7) is 2.56. The molecule has 0 aliphatic rings. The van der Waals surface area contributed by atoms with Crippen molar-refractivity contribution in [3.05, 3.63) is 66.2 Å². The van der Waals surface area contributed by atoms with Crippen LogP contribution in [0.15, 0.2) is 60.7 Å². The van der Waals surface area contributed by atoms with E-state index < -0.39 is 0 Å². The SMILES string of the molecule is CC(COc1cc(-c2ccccc2O)nnc1N)c1ccccc1. The van der Waals surface area contributed by atoms with E-state index in [9.17, 15) is 5.11 Å². The highest BCUT2D eigenvalue weighted by atomic mass is 16.5. The third-order valence-electron chi connectivity index (χ3n) is 3.82. The van der Waals surface area contributed by atoms with Crippen LogP contribution in [0.1, 0.15) is 18.4 Å². The quantitative estimate of drug-likeness (QED) is 0.750. The normalized spacial score (nSPS) is 11.9. The van der Waals surface area contributed by atoms with E-state index in [4.69, 9.17) is 10.5 Å². The molecule has 1 heterocycles. The summed E-state index contributed by atoms with van der Waals surface area (Å²) in [5.41, 5.74) is 8.17. The molecule has 3 rings (SSSR count). The fourth-order valence-electron chi connectivity index (χ4n) is 2.41. The Kier molecular flexibility index (Phi) is 4.61. The van der Waals surface area contributed by atoms with E-state index in [-0.39, 0.29) is 17.5 Å². The second-order valence-electron chi connectivity index (χ2n) is 5.62. The van der Waals surface area contributed by atoms with Crippen LogP contribution in [-0.4, -0.2) is 21.9 Å². The Balaban J connectivity index is 1.79. The maximum absolute atomic E-state index is 9.95. The largest absolute Gasteiger partial charge is 0.507 e. The number of rotatable bonds is 5. The topological polar surface area (TPSA) is 81.3 Å². The fraction of sp³-hybridized carbons (Fsp3) is 0.158. The molecule has 0 radical (unpaired) electrons. The number of nitrogens with two attached hydrogens (primary N) is 1. The van der Waals surface area contributed by atoms with Gasteiger partial charge < -0.3 is 15.6 Å². The van der Waals surface area contributed by atoms with Crippen LogP contribution in [0, 0.1) is 0 Å². The molecule has 5 heteroatoms. The summed E-state index contributed by atoms with van der Waals surface area (Å²) in [5, 5.41) is 17.9. The Morgan fingerprint density at radius 3 is 2.50 bits per heavy atom. The van der Waals surface area contributed by atoms with Gasteiger partial charge in [0.2, 0.25) is 0 Å². The molecular formula is C19H19N3O2. The van der Waals surface area contributed by atoms with Gasteiger partial charge in [-0.25, -0.2) is 0 Å². The van der Waals surface area contributed by atoms with Crippen molar-refractivity contribution in [3.8, 4) is 22.8 Å². The number of ether oxygens (including phenoxy) is 1. The fourth-order valence-corrected chi connectivity index (χ4v) is 2.41. The Morgan fingerprint density at radius 1 is 1.04 bits per heavy atom. The number of aromatic hydroxyl groups is 1. The summed E-state index contributed by atoms with van der Waals surface area (Å²) in [6.07, 6.45) is 0. The lowest BCUT2D eigenvalue weighted by atomic mass is 10.0. The van der Waals surface area contributed by atoms with E-state index in [2.05, 4.69) is 29.3 Å². The van der Waals surface area contributed by atoms with Gasteiger partial charge >= 0.3 is 0 Å². The summed E-state index contributed by atoms with van der Waals surface area (Å²) < 4.78 is 5.85. The molecule has 0 spiro atoms. The Hall–Kier alpha value is -3.08. The van der Waals surface area contributed by atoms with Crippen molar-refractivity contribution in [3.63, 3.8) is 0 Å². The number of nitrogen functional groups attached to an aromatic ring is 1. The minimum Gasteiger partial charge on any atom is -0.507 e. The number of phenols is 1. The first kappa shape index (κ1) is 15.8. The highest BCUT2D eigenvalue weighted by Crippen LogP contribution is 2.31. The number of nitrogens with zero attached hydrogens (tertiary/aromatic N) is 2. The third-order valence-corrected chi connectivity index (χ3v) is 3.82. The molecule has 122 valence electrons. The van der Waals surface area contributed by atoms with Crippen LogP contribution in [0.5, 0.6) is 11.5 Å². The number of anilines is 1. The number of hydrogen-bond donors (Lipinski definition) is 2. The summed E-state index contributed by atoms with van der Waals surface area (Å²) in [5.74, 6) is 1.05. The van der Waals surface area contributed by atoms with Gasteiger partial charge in [0.1, 0.15) is 11.4 Å². The van der Waals surface area contributed by atoms with Crippen molar-refractivity contribution < 1.29 is 9.84 Å². The highest BCUT2D eigenvalue weighted by molar-refractivity contribution is 5.68. The molecule has 0 fully saturated rings. The smallest absolute Gasteiger partial charge is 0.188 e. The first-order valence-electron chi connectivity index (χ1n) is 7.74. The average molecular weight is 321 g/mol. The molecule has 5 nitrogen and oxygen atoms in total. The molecule has 0 bridgehead atoms. The van der Waals surface area contributed by atoms with Crippen LogP contribution in [0.3, 0.4) is 0 Å². The van der Waals surface area contributed by atoms with Gasteiger partial charge in [0, 0.05) is 17.5 Å². The van der Waals surface area contributed by atoms with Crippen LogP contribution in [0.2, 0.25) is 0 Å². The lowest BCUT2D eigenvalue weighted by Gasteiger charge is -2.15. The van der Waals surface area contributed by atoms with Gasteiger partial charge in [0.15, 0.2) is 11.6 Å². The Labute approximate surface area is 140 Å². The lowest BCUT2D eigenvalue weighted by molar-refractivity contribution is 0.296. The number of benzene rings is 2. The lowest BCUT2D eigenvalue weighted by Crippen LogP contribution is -2.09. The monoisotopic (exact) mass is 321 g/mol. The number of phenolic OH excluding ortho intramolecular Hbond substituents is 1. The predicted molar refractivity (Wildman–Crippen MR) is 93.9 cm³/mol. The van der Waals surface area contributed by atoms with Gasteiger partial charge in [-0.2, -0.15) is 0 Å². The second kappa shape index (κ2) is 7.00. The number of para-hydroxylation sites is 1. The number of aromatic nitrogens is 2. The molecule has 0 saturated heterocycles. The van der Waals surface area contributed by atoms with Crippen LogP contribution in [-0.2, 0) is 0 Å². The Bertz CT molecular complexity index is 822. The molecule has 24 heavy (non-hydrogen) atoms. The van der Waals surface area contributed by atoms with E-state index in [0.717, 1.165) is 0 Å². The molecule has 1 atom stereocenters. The van der Waals surface area contributed by atoms with Gasteiger partial charge in [0.25, 0.3) is 0 Å². The minimum absolute atomic E-state index is 0.139. The van der Waals surface area contributed by atoms with Crippen molar-refractivity contribution >= 4 is 5.82 Å². The number of hydrogen-bond acceptors (Lipinski definition) is 5. The van der Waals surface area contributed by atoms with Gasteiger partial charge in [-0.15, -0.1) is 10.2 Å². The van der Waals surface area contributed by atoms with Crippen LogP contribution in [0.4, 0.5) is 5.82 Å². The summed E-state index contributed by atoms with van der Waals surface area (Å²) in [4.78, 5) is 0. The zero-order chi connectivity index (χ0) is 16.9. The van der Waals surface area contributed by atoms with Gasteiger partial charge in [0.05, 0.1) is 6.61 Å². The minimum atomic E-state index is 0.139. The molecule has 0 aliphatic heterocycles. The summed E-state index contributed by atoms with van der Waals surface area (Å²) in [6, 6.07) is 18.8.